The van der Waals surface area contributed by atoms with Gasteiger partial charge in [-0.1, -0.05) is 22.0 Å². The number of ether oxygens (including phenoxy) is 1. The number of nitrogens with zero attached hydrogens (tertiary/aromatic N) is 1. The van der Waals surface area contributed by atoms with Gasteiger partial charge in [-0.05, 0) is 35.9 Å². The highest BCUT2D eigenvalue weighted by Gasteiger charge is 2.09. The van der Waals surface area contributed by atoms with E-state index in [4.69, 9.17) is 15.7 Å². The van der Waals surface area contributed by atoms with Crippen LogP contribution >= 0.6 is 15.9 Å². The van der Waals surface area contributed by atoms with Gasteiger partial charge in [-0.3, -0.25) is 0 Å². The van der Waals surface area contributed by atoms with Crippen molar-refractivity contribution in [1.29, 1.82) is 5.26 Å². The van der Waals surface area contributed by atoms with Crippen molar-refractivity contribution in [2.75, 3.05) is 0 Å². The Labute approximate surface area is 118 Å². The molecule has 3 nitrogen and oxygen atoms in total. The van der Waals surface area contributed by atoms with E-state index in [1.165, 1.54) is 12.1 Å². The predicted molar refractivity (Wildman–Crippen MR) is 73.2 cm³/mol. The van der Waals surface area contributed by atoms with Crippen molar-refractivity contribution < 1.29 is 9.13 Å². The van der Waals surface area contributed by atoms with Crippen LogP contribution in [0.15, 0.2) is 40.9 Å². The summed E-state index contributed by atoms with van der Waals surface area (Å²) in [6.45, 7) is 0.335. The molecule has 0 spiro atoms. The van der Waals surface area contributed by atoms with Crippen LogP contribution in [0.4, 0.5) is 4.39 Å². The van der Waals surface area contributed by atoms with Crippen LogP contribution in [0.25, 0.3) is 0 Å². The van der Waals surface area contributed by atoms with E-state index in [1.54, 1.807) is 24.3 Å². The van der Waals surface area contributed by atoms with Crippen molar-refractivity contribution in [1.82, 2.24) is 0 Å². The van der Waals surface area contributed by atoms with Gasteiger partial charge < -0.3 is 10.5 Å². The summed E-state index contributed by atoms with van der Waals surface area (Å²) in [6.07, 6.45) is 0. The maximum absolute atomic E-state index is 13.7. The van der Waals surface area contributed by atoms with Gasteiger partial charge in [-0.2, -0.15) is 5.26 Å². The van der Waals surface area contributed by atoms with E-state index in [0.29, 0.717) is 22.3 Å². The Morgan fingerprint density at radius 2 is 1.95 bits per heavy atom. The van der Waals surface area contributed by atoms with Crippen molar-refractivity contribution in [3.8, 4) is 17.6 Å². The van der Waals surface area contributed by atoms with E-state index in [0.717, 1.165) is 5.56 Å². The summed E-state index contributed by atoms with van der Waals surface area (Å²) < 4.78 is 19.7. The number of nitriles is 1. The number of hydrogen-bond acceptors (Lipinski definition) is 3. The summed E-state index contributed by atoms with van der Waals surface area (Å²) in [5.41, 5.74) is 6.65. The molecule has 0 aliphatic heterocycles. The Balaban J connectivity index is 2.35. The molecule has 96 valence electrons. The first-order chi connectivity index (χ1) is 9.13. The van der Waals surface area contributed by atoms with Crippen molar-refractivity contribution in [2.24, 2.45) is 5.73 Å². The highest BCUT2D eigenvalue weighted by molar-refractivity contribution is 9.10. The second-order valence-corrected chi connectivity index (χ2v) is 4.74. The number of halogens is 2. The molecule has 0 saturated heterocycles. The third-order valence-corrected chi connectivity index (χ3v) is 3.01. The standard InChI is InChI=1S/C14H10BrFN2O/c15-11-2-4-14(12(16)6-11)19-13-3-1-9(7-17)5-10(13)8-18/h1-6H,7,17H2. The van der Waals surface area contributed by atoms with Gasteiger partial charge in [0.15, 0.2) is 11.6 Å². The lowest BCUT2D eigenvalue weighted by Gasteiger charge is -2.09. The van der Waals surface area contributed by atoms with E-state index < -0.39 is 5.82 Å². The van der Waals surface area contributed by atoms with E-state index in [1.807, 2.05) is 6.07 Å². The molecule has 0 aromatic heterocycles. The molecule has 5 heteroatoms. The SMILES string of the molecule is N#Cc1cc(CN)ccc1Oc1ccc(Br)cc1F. The van der Waals surface area contributed by atoms with Crippen molar-refractivity contribution in [3.63, 3.8) is 0 Å². The second-order valence-electron chi connectivity index (χ2n) is 3.82. The summed E-state index contributed by atoms with van der Waals surface area (Å²) in [7, 11) is 0. The van der Waals surface area contributed by atoms with Crippen molar-refractivity contribution >= 4 is 15.9 Å². The molecule has 2 rings (SSSR count). The Kier molecular flexibility index (Phi) is 4.15. The molecule has 0 aliphatic rings. The van der Waals surface area contributed by atoms with Crippen LogP contribution in [0.1, 0.15) is 11.1 Å². The number of benzene rings is 2. The van der Waals surface area contributed by atoms with Crippen molar-refractivity contribution in [3.05, 3.63) is 57.8 Å². The molecule has 19 heavy (non-hydrogen) atoms. The minimum absolute atomic E-state index is 0.0696. The van der Waals surface area contributed by atoms with Crippen LogP contribution in [0, 0.1) is 17.1 Å². The first kappa shape index (κ1) is 13.5. The highest BCUT2D eigenvalue weighted by atomic mass is 79.9. The molecular weight excluding hydrogens is 311 g/mol. The second kappa shape index (κ2) is 5.83. The maximum atomic E-state index is 13.7. The van der Waals surface area contributed by atoms with Crippen LogP contribution in [0.5, 0.6) is 11.5 Å². The first-order valence-corrected chi connectivity index (χ1v) is 6.29. The van der Waals surface area contributed by atoms with E-state index >= 15 is 0 Å². The number of nitrogens with two attached hydrogens (primary N) is 1. The van der Waals surface area contributed by atoms with Gasteiger partial charge in [0.1, 0.15) is 11.8 Å². The van der Waals surface area contributed by atoms with Gasteiger partial charge in [-0.25, -0.2) is 4.39 Å². The van der Waals surface area contributed by atoms with E-state index in [9.17, 15) is 4.39 Å². The molecule has 0 heterocycles. The molecule has 2 aromatic carbocycles. The third kappa shape index (κ3) is 3.11. The largest absolute Gasteiger partial charge is 0.453 e. The number of rotatable bonds is 3. The molecule has 0 atom stereocenters. The van der Waals surface area contributed by atoms with Gasteiger partial charge >= 0.3 is 0 Å². The number of hydrogen-bond donors (Lipinski definition) is 1. The Bertz CT molecular complexity index is 652. The lowest BCUT2D eigenvalue weighted by molar-refractivity contribution is 0.440. The smallest absolute Gasteiger partial charge is 0.166 e. The molecule has 0 radical (unpaired) electrons. The molecule has 0 amide bonds. The monoisotopic (exact) mass is 320 g/mol. The van der Waals surface area contributed by atoms with Crippen LogP contribution in [-0.4, -0.2) is 0 Å². The lowest BCUT2D eigenvalue weighted by Crippen LogP contribution is -1.98. The molecule has 0 unspecified atom stereocenters. The lowest BCUT2D eigenvalue weighted by atomic mass is 10.1. The Morgan fingerprint density at radius 3 is 2.58 bits per heavy atom. The molecular formula is C14H10BrFN2O. The Hall–Kier alpha value is -1.90. The minimum atomic E-state index is -0.499. The van der Waals surface area contributed by atoms with Gasteiger partial charge in [0.25, 0.3) is 0 Å². The fraction of sp³-hybridized carbons (Fsp3) is 0.0714. The maximum Gasteiger partial charge on any atom is 0.166 e. The zero-order valence-electron chi connectivity index (χ0n) is 9.86. The summed E-state index contributed by atoms with van der Waals surface area (Å²) in [5, 5.41) is 9.06. The predicted octanol–water partition coefficient (Wildman–Crippen LogP) is 3.71. The van der Waals surface area contributed by atoms with E-state index in [-0.39, 0.29) is 5.75 Å². The fourth-order valence-electron chi connectivity index (χ4n) is 1.56. The molecule has 0 fully saturated rings. The average molecular weight is 321 g/mol. The fourth-order valence-corrected chi connectivity index (χ4v) is 1.89. The normalized spacial score (nSPS) is 10.0. The topological polar surface area (TPSA) is 59.0 Å². The molecule has 0 bridgehead atoms. The third-order valence-electron chi connectivity index (χ3n) is 2.51. The molecule has 2 aromatic rings. The summed E-state index contributed by atoms with van der Waals surface area (Å²) >= 11 is 3.17. The minimum Gasteiger partial charge on any atom is -0.453 e. The average Bonchev–Trinajstić information content (AvgIpc) is 2.42. The first-order valence-electron chi connectivity index (χ1n) is 5.50. The van der Waals surface area contributed by atoms with E-state index in [2.05, 4.69) is 15.9 Å². The molecule has 2 N–H and O–H groups in total. The zero-order chi connectivity index (χ0) is 13.8. The Morgan fingerprint density at radius 1 is 1.21 bits per heavy atom. The van der Waals surface area contributed by atoms with Gasteiger partial charge in [0, 0.05) is 11.0 Å². The van der Waals surface area contributed by atoms with Crippen LogP contribution in [0.3, 0.4) is 0 Å². The highest BCUT2D eigenvalue weighted by Crippen LogP contribution is 2.29. The zero-order valence-corrected chi connectivity index (χ0v) is 11.4. The van der Waals surface area contributed by atoms with Gasteiger partial charge in [-0.15, -0.1) is 0 Å². The summed E-state index contributed by atoms with van der Waals surface area (Å²) in [5.74, 6) is -0.123. The van der Waals surface area contributed by atoms with Crippen molar-refractivity contribution in [2.45, 2.75) is 6.54 Å². The molecule has 0 saturated carbocycles. The van der Waals surface area contributed by atoms with Gasteiger partial charge in [0.05, 0.1) is 5.56 Å². The molecule has 0 aliphatic carbocycles. The summed E-state index contributed by atoms with van der Waals surface area (Å²) in [6, 6.07) is 11.5. The quantitative estimate of drug-likeness (QED) is 0.937. The summed E-state index contributed by atoms with van der Waals surface area (Å²) in [4.78, 5) is 0. The van der Waals surface area contributed by atoms with Crippen LogP contribution < -0.4 is 10.5 Å². The van der Waals surface area contributed by atoms with Crippen LogP contribution in [0.2, 0.25) is 0 Å². The van der Waals surface area contributed by atoms with Crippen LogP contribution in [-0.2, 0) is 6.54 Å². The van der Waals surface area contributed by atoms with Gasteiger partial charge in [0.2, 0.25) is 0 Å².